The molecule has 3 heterocycles. The summed E-state index contributed by atoms with van der Waals surface area (Å²) in [6.45, 7) is 8.03. The molecule has 0 aromatic carbocycles. The van der Waals surface area contributed by atoms with Gasteiger partial charge in [-0.05, 0) is 51.9 Å². The second-order valence-electron chi connectivity index (χ2n) is 7.00. The Balaban J connectivity index is 1.52. The van der Waals surface area contributed by atoms with Crippen LogP contribution in [0.1, 0.15) is 46.6 Å². The van der Waals surface area contributed by atoms with Crippen LogP contribution in [0.15, 0.2) is 27.8 Å². The lowest BCUT2D eigenvalue weighted by Gasteiger charge is -2.33. The van der Waals surface area contributed by atoms with Gasteiger partial charge in [0, 0.05) is 31.4 Å². The third-order valence-electron chi connectivity index (χ3n) is 5.03. The van der Waals surface area contributed by atoms with Crippen LogP contribution in [0, 0.1) is 13.8 Å². The van der Waals surface area contributed by atoms with E-state index in [0.29, 0.717) is 0 Å². The van der Waals surface area contributed by atoms with E-state index in [1.54, 1.807) is 17.6 Å². The number of aliphatic imine (C=N–C) groups is 1. The molecule has 1 atom stereocenters. The molecule has 6 nitrogen and oxygen atoms in total. The highest BCUT2D eigenvalue weighted by Gasteiger charge is 2.24. The Kier molecular flexibility index (Phi) is 7.29. The van der Waals surface area contributed by atoms with E-state index in [-0.39, 0.29) is 6.04 Å². The topological polar surface area (TPSA) is 65.7 Å². The maximum atomic E-state index is 5.72. The van der Waals surface area contributed by atoms with Crippen LogP contribution in [-0.4, -0.2) is 49.1 Å². The Morgan fingerprint density at radius 2 is 2.11 bits per heavy atom. The molecule has 7 heteroatoms. The van der Waals surface area contributed by atoms with Crippen molar-refractivity contribution in [2.45, 2.75) is 45.6 Å². The molecule has 1 fully saturated rings. The molecule has 0 amide bonds. The van der Waals surface area contributed by atoms with Crippen LogP contribution >= 0.6 is 11.3 Å². The number of likely N-dealkylation sites (tertiary alicyclic amines) is 1. The van der Waals surface area contributed by atoms with Crippen molar-refractivity contribution in [1.29, 1.82) is 0 Å². The van der Waals surface area contributed by atoms with Crippen molar-refractivity contribution in [3.8, 4) is 0 Å². The van der Waals surface area contributed by atoms with E-state index in [1.165, 1.54) is 24.1 Å². The molecule has 2 aromatic heterocycles. The number of guanidine groups is 1. The van der Waals surface area contributed by atoms with Gasteiger partial charge in [-0.15, -0.1) is 11.3 Å². The molecule has 0 bridgehead atoms. The average Bonchev–Trinajstić information content (AvgIpc) is 3.31. The van der Waals surface area contributed by atoms with Crippen LogP contribution < -0.4 is 10.6 Å². The molecule has 3 rings (SSSR count). The van der Waals surface area contributed by atoms with E-state index in [4.69, 9.17) is 4.42 Å². The molecule has 27 heavy (non-hydrogen) atoms. The van der Waals surface area contributed by atoms with Crippen LogP contribution in [0.2, 0.25) is 0 Å². The van der Waals surface area contributed by atoms with Crippen molar-refractivity contribution in [2.75, 3.05) is 33.2 Å². The Bertz CT molecular complexity index is 719. The number of hydrogen-bond acceptors (Lipinski definition) is 5. The number of nitrogens with one attached hydrogen (secondary N) is 2. The molecule has 1 saturated heterocycles. The van der Waals surface area contributed by atoms with Gasteiger partial charge >= 0.3 is 0 Å². The number of furan rings is 1. The fourth-order valence-corrected chi connectivity index (χ4v) is 4.57. The van der Waals surface area contributed by atoms with Crippen molar-refractivity contribution in [3.05, 3.63) is 39.7 Å². The van der Waals surface area contributed by atoms with E-state index >= 15 is 0 Å². The lowest BCUT2D eigenvalue weighted by Crippen LogP contribution is -2.44. The SMILES string of the molecule is CN=C(NCCc1sc(C)nc1C)NCC(c1ccco1)N1CCCCC1. The summed E-state index contributed by atoms with van der Waals surface area (Å²) in [4.78, 5) is 12.7. The lowest BCUT2D eigenvalue weighted by molar-refractivity contribution is 0.146. The van der Waals surface area contributed by atoms with Gasteiger partial charge in [-0.25, -0.2) is 4.98 Å². The largest absolute Gasteiger partial charge is 0.468 e. The molecule has 0 aliphatic carbocycles. The number of piperidine rings is 1. The second kappa shape index (κ2) is 9.90. The van der Waals surface area contributed by atoms with Crippen LogP contribution in [0.3, 0.4) is 0 Å². The molecule has 1 unspecified atom stereocenters. The lowest BCUT2D eigenvalue weighted by atomic mass is 10.1. The minimum Gasteiger partial charge on any atom is -0.468 e. The highest BCUT2D eigenvalue weighted by molar-refractivity contribution is 7.11. The van der Waals surface area contributed by atoms with Gasteiger partial charge in [0.25, 0.3) is 0 Å². The summed E-state index contributed by atoms with van der Waals surface area (Å²) in [6, 6.07) is 4.29. The second-order valence-corrected chi connectivity index (χ2v) is 8.29. The number of thiazole rings is 1. The van der Waals surface area contributed by atoms with Gasteiger partial charge in [0.15, 0.2) is 5.96 Å². The van der Waals surface area contributed by atoms with Crippen molar-refractivity contribution in [2.24, 2.45) is 4.99 Å². The fourth-order valence-electron chi connectivity index (χ4n) is 3.63. The highest BCUT2D eigenvalue weighted by atomic mass is 32.1. The summed E-state index contributed by atoms with van der Waals surface area (Å²) >= 11 is 1.78. The van der Waals surface area contributed by atoms with Crippen LogP contribution in [0.4, 0.5) is 0 Å². The third-order valence-corrected chi connectivity index (χ3v) is 6.17. The summed E-state index contributed by atoms with van der Waals surface area (Å²) in [7, 11) is 1.82. The molecule has 0 saturated carbocycles. The monoisotopic (exact) mass is 389 g/mol. The van der Waals surface area contributed by atoms with E-state index in [1.807, 2.05) is 13.1 Å². The predicted octanol–water partition coefficient (Wildman–Crippen LogP) is 3.29. The summed E-state index contributed by atoms with van der Waals surface area (Å²) in [5.41, 5.74) is 1.14. The molecule has 0 radical (unpaired) electrons. The Labute approximate surface area is 166 Å². The minimum atomic E-state index is 0.241. The summed E-state index contributed by atoms with van der Waals surface area (Å²) in [6.07, 6.45) is 6.58. The molecule has 0 spiro atoms. The number of nitrogens with zero attached hydrogens (tertiary/aromatic N) is 3. The standard InChI is InChI=1S/C20H31N5OS/c1-15-19(27-16(2)24-15)9-10-22-20(21-3)23-14-17(18-8-7-13-26-18)25-11-5-4-6-12-25/h7-8,13,17H,4-6,9-12,14H2,1-3H3,(H2,21,22,23). The van der Waals surface area contributed by atoms with E-state index < -0.39 is 0 Å². The van der Waals surface area contributed by atoms with Crippen molar-refractivity contribution >= 4 is 17.3 Å². The summed E-state index contributed by atoms with van der Waals surface area (Å²) in [5, 5.41) is 8.05. The first-order chi connectivity index (χ1) is 13.2. The average molecular weight is 390 g/mol. The number of rotatable bonds is 7. The van der Waals surface area contributed by atoms with Gasteiger partial charge in [0.2, 0.25) is 0 Å². The van der Waals surface area contributed by atoms with Gasteiger partial charge in [0.1, 0.15) is 5.76 Å². The van der Waals surface area contributed by atoms with Gasteiger partial charge in [-0.2, -0.15) is 0 Å². The fraction of sp³-hybridized carbons (Fsp3) is 0.600. The Morgan fingerprint density at radius 3 is 2.74 bits per heavy atom. The van der Waals surface area contributed by atoms with Crippen LogP contribution in [0.25, 0.3) is 0 Å². The molecule has 1 aliphatic heterocycles. The normalized spacial score (nSPS) is 17.1. The number of hydrogen-bond donors (Lipinski definition) is 2. The summed E-state index contributed by atoms with van der Waals surface area (Å²) < 4.78 is 5.72. The zero-order chi connectivity index (χ0) is 19.1. The zero-order valence-electron chi connectivity index (χ0n) is 16.6. The van der Waals surface area contributed by atoms with Gasteiger partial charge in [0.05, 0.1) is 23.0 Å². The third kappa shape index (κ3) is 5.56. The first-order valence-electron chi connectivity index (χ1n) is 9.82. The van der Waals surface area contributed by atoms with Crippen LogP contribution in [-0.2, 0) is 6.42 Å². The smallest absolute Gasteiger partial charge is 0.191 e. The Hall–Kier alpha value is -1.86. The predicted molar refractivity (Wildman–Crippen MR) is 112 cm³/mol. The number of aromatic nitrogens is 1. The molecule has 148 valence electrons. The maximum Gasteiger partial charge on any atom is 0.191 e. The molecule has 1 aliphatic rings. The first kappa shape index (κ1) is 19.9. The van der Waals surface area contributed by atoms with Crippen molar-refractivity contribution in [3.63, 3.8) is 0 Å². The van der Waals surface area contributed by atoms with Gasteiger partial charge < -0.3 is 15.1 Å². The van der Waals surface area contributed by atoms with Gasteiger partial charge in [-0.3, -0.25) is 9.89 Å². The van der Waals surface area contributed by atoms with Crippen molar-refractivity contribution < 1.29 is 4.42 Å². The van der Waals surface area contributed by atoms with E-state index in [9.17, 15) is 0 Å². The molecular weight excluding hydrogens is 358 g/mol. The molecular formula is C20H31N5OS. The highest BCUT2D eigenvalue weighted by Crippen LogP contribution is 2.24. The maximum absolute atomic E-state index is 5.72. The van der Waals surface area contributed by atoms with E-state index in [0.717, 1.165) is 55.0 Å². The number of aryl methyl sites for hydroxylation is 2. The van der Waals surface area contributed by atoms with E-state index in [2.05, 4.69) is 45.4 Å². The quantitative estimate of drug-likeness (QED) is 0.562. The Morgan fingerprint density at radius 1 is 1.30 bits per heavy atom. The minimum absolute atomic E-state index is 0.241. The molecule has 2 aromatic rings. The van der Waals surface area contributed by atoms with Crippen LogP contribution in [0.5, 0.6) is 0 Å². The first-order valence-corrected chi connectivity index (χ1v) is 10.6. The molecule has 2 N–H and O–H groups in total. The zero-order valence-corrected chi connectivity index (χ0v) is 17.4. The summed E-state index contributed by atoms with van der Waals surface area (Å²) in [5.74, 6) is 1.86. The van der Waals surface area contributed by atoms with Gasteiger partial charge in [-0.1, -0.05) is 6.42 Å². The van der Waals surface area contributed by atoms with Crippen molar-refractivity contribution in [1.82, 2.24) is 20.5 Å².